The molecule has 0 atom stereocenters. The summed E-state index contributed by atoms with van der Waals surface area (Å²) in [5, 5.41) is 0.721. The number of aromatic nitrogens is 1. The lowest BCUT2D eigenvalue weighted by atomic mass is 10.1. The maximum absolute atomic E-state index is 11.8. The van der Waals surface area contributed by atoms with Gasteiger partial charge in [-0.25, -0.2) is 8.42 Å². The summed E-state index contributed by atoms with van der Waals surface area (Å²) in [5.74, 6) is 0. The Morgan fingerprint density at radius 3 is 2.43 bits per heavy atom. The van der Waals surface area contributed by atoms with E-state index in [0.717, 1.165) is 29.6 Å². The van der Waals surface area contributed by atoms with Gasteiger partial charge in [0, 0.05) is 33.8 Å². The lowest BCUT2D eigenvalue weighted by Crippen LogP contribution is -2.02. The quantitative estimate of drug-likeness (QED) is 0.538. The van der Waals surface area contributed by atoms with Gasteiger partial charge < -0.3 is 4.57 Å². The first kappa shape index (κ1) is 16.4. The van der Waals surface area contributed by atoms with Gasteiger partial charge in [0.25, 0.3) is 9.05 Å². The molecule has 116 valence electrons. The van der Waals surface area contributed by atoms with Gasteiger partial charge >= 0.3 is 0 Å². The Labute approximate surface area is 131 Å². The van der Waals surface area contributed by atoms with Gasteiger partial charge in [0.2, 0.25) is 0 Å². The number of benzene rings is 1. The third-order valence-corrected chi connectivity index (χ3v) is 5.37. The van der Waals surface area contributed by atoms with Crippen LogP contribution in [0.2, 0.25) is 0 Å². The van der Waals surface area contributed by atoms with Crippen LogP contribution in [0.4, 0.5) is 0 Å². The molecule has 0 aliphatic heterocycles. The zero-order valence-electron chi connectivity index (χ0n) is 12.6. The molecule has 1 heterocycles. The SMILES string of the molecule is CCCCCCCn1c(C)c(S(=O)(=O)Cl)c2ccccc21. The van der Waals surface area contributed by atoms with Crippen LogP contribution >= 0.6 is 10.7 Å². The van der Waals surface area contributed by atoms with Crippen molar-refractivity contribution in [1.29, 1.82) is 0 Å². The van der Waals surface area contributed by atoms with Gasteiger partial charge in [-0.2, -0.15) is 0 Å². The molecular formula is C16H22ClNO2S. The van der Waals surface area contributed by atoms with E-state index in [4.69, 9.17) is 10.7 Å². The van der Waals surface area contributed by atoms with Gasteiger partial charge in [-0.1, -0.05) is 50.8 Å². The first-order chi connectivity index (χ1) is 9.96. The fourth-order valence-corrected chi connectivity index (χ4v) is 4.35. The van der Waals surface area contributed by atoms with E-state index in [1.165, 1.54) is 25.7 Å². The highest BCUT2D eigenvalue weighted by molar-refractivity contribution is 8.14. The van der Waals surface area contributed by atoms with Crippen LogP contribution in [0.3, 0.4) is 0 Å². The molecule has 0 amide bonds. The van der Waals surface area contributed by atoms with Crippen molar-refractivity contribution in [1.82, 2.24) is 4.57 Å². The highest BCUT2D eigenvalue weighted by atomic mass is 35.7. The first-order valence-corrected chi connectivity index (χ1v) is 9.80. The molecular weight excluding hydrogens is 306 g/mol. The number of rotatable bonds is 7. The maximum atomic E-state index is 11.8. The van der Waals surface area contributed by atoms with Gasteiger partial charge in [-0.05, 0) is 19.4 Å². The molecule has 3 nitrogen and oxygen atoms in total. The molecule has 0 saturated carbocycles. The van der Waals surface area contributed by atoms with Crippen LogP contribution < -0.4 is 0 Å². The number of para-hydroxylation sites is 1. The molecule has 2 rings (SSSR count). The van der Waals surface area contributed by atoms with Gasteiger partial charge in [-0.15, -0.1) is 0 Å². The Morgan fingerprint density at radius 1 is 1.10 bits per heavy atom. The topological polar surface area (TPSA) is 39.1 Å². The third kappa shape index (κ3) is 3.61. The fourth-order valence-electron chi connectivity index (χ4n) is 2.87. The molecule has 1 aromatic heterocycles. The summed E-state index contributed by atoms with van der Waals surface area (Å²) in [6, 6.07) is 7.56. The number of fused-ring (bicyclic) bond motifs is 1. The molecule has 0 N–H and O–H groups in total. The minimum absolute atomic E-state index is 0.258. The molecule has 0 aliphatic rings. The molecule has 0 saturated heterocycles. The van der Waals surface area contributed by atoms with E-state index in [1.807, 2.05) is 31.2 Å². The van der Waals surface area contributed by atoms with E-state index in [9.17, 15) is 8.42 Å². The number of hydrogen-bond acceptors (Lipinski definition) is 2. The Morgan fingerprint density at radius 2 is 1.76 bits per heavy atom. The van der Waals surface area contributed by atoms with Crippen molar-refractivity contribution >= 4 is 30.6 Å². The number of unbranched alkanes of at least 4 members (excludes halogenated alkanes) is 4. The van der Waals surface area contributed by atoms with Gasteiger partial charge in [0.15, 0.2) is 0 Å². The smallest absolute Gasteiger partial charge is 0.263 e. The maximum Gasteiger partial charge on any atom is 0.263 e. The van der Waals surface area contributed by atoms with E-state index >= 15 is 0 Å². The van der Waals surface area contributed by atoms with Gasteiger partial charge in [0.1, 0.15) is 4.90 Å². The average Bonchev–Trinajstić information content (AvgIpc) is 2.71. The molecule has 0 radical (unpaired) electrons. The molecule has 1 aromatic carbocycles. The summed E-state index contributed by atoms with van der Waals surface area (Å²) in [6.07, 6.45) is 5.94. The molecule has 21 heavy (non-hydrogen) atoms. The van der Waals surface area contributed by atoms with Crippen molar-refractivity contribution in [2.75, 3.05) is 0 Å². The lowest BCUT2D eigenvalue weighted by Gasteiger charge is -2.08. The largest absolute Gasteiger partial charge is 0.343 e. The number of hydrogen-bond donors (Lipinski definition) is 0. The van der Waals surface area contributed by atoms with E-state index in [2.05, 4.69) is 11.5 Å². The predicted octanol–water partition coefficient (Wildman–Crippen LogP) is 4.85. The summed E-state index contributed by atoms with van der Waals surface area (Å²) in [4.78, 5) is 0.258. The van der Waals surface area contributed by atoms with Crippen molar-refractivity contribution < 1.29 is 8.42 Å². The molecule has 5 heteroatoms. The average molecular weight is 328 g/mol. The second-order valence-electron chi connectivity index (χ2n) is 5.44. The zero-order chi connectivity index (χ0) is 15.5. The second-order valence-corrected chi connectivity index (χ2v) is 7.94. The van der Waals surface area contributed by atoms with Gasteiger partial charge in [-0.3, -0.25) is 0 Å². The van der Waals surface area contributed by atoms with Crippen molar-refractivity contribution in [2.24, 2.45) is 0 Å². The van der Waals surface area contributed by atoms with Crippen LogP contribution in [0.15, 0.2) is 29.2 Å². The molecule has 0 bridgehead atoms. The first-order valence-electron chi connectivity index (χ1n) is 7.49. The molecule has 2 aromatic rings. The lowest BCUT2D eigenvalue weighted by molar-refractivity contribution is 0.568. The van der Waals surface area contributed by atoms with Crippen LogP contribution in [0.1, 0.15) is 44.7 Å². The van der Waals surface area contributed by atoms with E-state index in [1.54, 1.807) is 0 Å². The minimum Gasteiger partial charge on any atom is -0.343 e. The number of halogens is 1. The van der Waals surface area contributed by atoms with E-state index in [-0.39, 0.29) is 4.90 Å². The van der Waals surface area contributed by atoms with Crippen LogP contribution in [0.5, 0.6) is 0 Å². The minimum atomic E-state index is -3.73. The highest BCUT2D eigenvalue weighted by Gasteiger charge is 2.22. The predicted molar refractivity (Wildman–Crippen MR) is 88.5 cm³/mol. The molecule has 0 aliphatic carbocycles. The van der Waals surface area contributed by atoms with Gasteiger partial charge in [0.05, 0.1) is 0 Å². The Kier molecular flexibility index (Phi) is 5.33. The van der Waals surface area contributed by atoms with Crippen molar-refractivity contribution in [2.45, 2.75) is 57.4 Å². The fraction of sp³-hybridized carbons (Fsp3) is 0.500. The van der Waals surface area contributed by atoms with E-state index < -0.39 is 9.05 Å². The van der Waals surface area contributed by atoms with Crippen LogP contribution in [-0.4, -0.2) is 13.0 Å². The standard InChI is InChI=1S/C16H22ClNO2S/c1-3-4-5-6-9-12-18-13(2)16(21(17,19)20)14-10-7-8-11-15(14)18/h7-8,10-11H,3-6,9,12H2,1-2H3. The van der Waals surface area contributed by atoms with Crippen LogP contribution in [0, 0.1) is 6.92 Å². The monoisotopic (exact) mass is 327 g/mol. The molecule has 0 unspecified atom stereocenters. The summed E-state index contributed by atoms with van der Waals surface area (Å²) < 4.78 is 25.8. The van der Waals surface area contributed by atoms with Crippen molar-refractivity contribution in [3.8, 4) is 0 Å². The Hall–Kier alpha value is -1.00. The third-order valence-electron chi connectivity index (χ3n) is 3.90. The van der Waals surface area contributed by atoms with Crippen molar-refractivity contribution in [3.63, 3.8) is 0 Å². The normalized spacial score (nSPS) is 12.1. The second kappa shape index (κ2) is 6.84. The number of aryl methyl sites for hydroxylation is 1. The van der Waals surface area contributed by atoms with Crippen LogP contribution in [0.25, 0.3) is 10.9 Å². The molecule has 0 spiro atoms. The Bertz CT molecular complexity index is 719. The Balaban J connectivity index is 2.34. The highest BCUT2D eigenvalue weighted by Crippen LogP contribution is 2.32. The summed E-state index contributed by atoms with van der Waals surface area (Å²) in [6.45, 7) is 4.87. The van der Waals surface area contributed by atoms with E-state index in [0.29, 0.717) is 0 Å². The zero-order valence-corrected chi connectivity index (χ0v) is 14.2. The van der Waals surface area contributed by atoms with Crippen molar-refractivity contribution in [3.05, 3.63) is 30.0 Å². The summed E-state index contributed by atoms with van der Waals surface area (Å²) in [7, 11) is 1.89. The summed E-state index contributed by atoms with van der Waals surface area (Å²) >= 11 is 0. The van der Waals surface area contributed by atoms with Crippen LogP contribution in [-0.2, 0) is 15.6 Å². The molecule has 0 fully saturated rings. The summed E-state index contributed by atoms with van der Waals surface area (Å²) in [5.41, 5.74) is 1.69. The number of nitrogens with zero attached hydrogens (tertiary/aromatic N) is 1.